The van der Waals surface area contributed by atoms with Gasteiger partial charge in [0, 0.05) is 36.7 Å². The molecule has 1 aliphatic heterocycles. The third-order valence-corrected chi connectivity index (χ3v) is 4.12. The molecule has 90 valence electrons. The highest BCUT2D eigenvalue weighted by Gasteiger charge is 2.20. The molecule has 1 fully saturated rings. The van der Waals surface area contributed by atoms with Gasteiger partial charge < -0.3 is 5.32 Å². The quantitative estimate of drug-likeness (QED) is 0.778. The lowest BCUT2D eigenvalue weighted by Crippen LogP contribution is -2.44. The first kappa shape index (κ1) is 13.3. The molecule has 1 aliphatic rings. The maximum Gasteiger partial charge on any atom is 0.0158 e. The Kier molecular flexibility index (Phi) is 6.02. The molecule has 0 aromatic carbocycles. The van der Waals surface area contributed by atoms with Crippen molar-refractivity contribution in [3.05, 3.63) is 0 Å². The van der Waals surface area contributed by atoms with Crippen molar-refractivity contribution in [1.29, 1.82) is 0 Å². The van der Waals surface area contributed by atoms with Gasteiger partial charge >= 0.3 is 0 Å². The van der Waals surface area contributed by atoms with Crippen LogP contribution in [0.1, 0.15) is 27.7 Å². The smallest absolute Gasteiger partial charge is 0.0158 e. The van der Waals surface area contributed by atoms with Gasteiger partial charge in [0.2, 0.25) is 0 Å². The molecule has 15 heavy (non-hydrogen) atoms. The standard InChI is InChI=1S/C12H26N2S/c1-10(2)13-7-11(3)8-14-5-6-15-9-12(14)4/h10-13H,5-9H2,1-4H3. The Morgan fingerprint density at radius 1 is 1.40 bits per heavy atom. The van der Waals surface area contributed by atoms with Crippen molar-refractivity contribution >= 4 is 11.8 Å². The van der Waals surface area contributed by atoms with E-state index in [9.17, 15) is 0 Å². The molecule has 0 saturated carbocycles. The second kappa shape index (κ2) is 6.77. The number of hydrogen-bond acceptors (Lipinski definition) is 3. The predicted octanol–water partition coefficient (Wildman–Crippen LogP) is 2.06. The zero-order valence-corrected chi connectivity index (χ0v) is 11.4. The molecule has 0 amide bonds. The molecule has 2 unspecified atom stereocenters. The summed E-state index contributed by atoms with van der Waals surface area (Å²) in [6.45, 7) is 12.8. The molecular weight excluding hydrogens is 204 g/mol. The van der Waals surface area contributed by atoms with Gasteiger partial charge in [-0.15, -0.1) is 0 Å². The Morgan fingerprint density at radius 3 is 2.73 bits per heavy atom. The van der Waals surface area contributed by atoms with Crippen LogP contribution in [0, 0.1) is 5.92 Å². The molecule has 2 atom stereocenters. The molecule has 0 radical (unpaired) electrons. The summed E-state index contributed by atoms with van der Waals surface area (Å²) in [6.07, 6.45) is 0. The van der Waals surface area contributed by atoms with Gasteiger partial charge in [0.1, 0.15) is 0 Å². The lowest BCUT2D eigenvalue weighted by atomic mass is 10.1. The van der Waals surface area contributed by atoms with Crippen LogP contribution < -0.4 is 5.32 Å². The average Bonchev–Trinajstić information content (AvgIpc) is 2.18. The van der Waals surface area contributed by atoms with E-state index in [1.165, 1.54) is 24.6 Å². The third kappa shape index (κ3) is 5.23. The van der Waals surface area contributed by atoms with Crippen molar-refractivity contribution in [3.8, 4) is 0 Å². The zero-order chi connectivity index (χ0) is 11.3. The summed E-state index contributed by atoms with van der Waals surface area (Å²) >= 11 is 2.09. The molecule has 1 heterocycles. The fourth-order valence-electron chi connectivity index (χ4n) is 1.93. The van der Waals surface area contributed by atoms with Gasteiger partial charge in [-0.2, -0.15) is 11.8 Å². The molecule has 2 nitrogen and oxygen atoms in total. The van der Waals surface area contributed by atoms with Crippen LogP contribution in [0.2, 0.25) is 0 Å². The second-order valence-electron chi connectivity index (χ2n) is 5.09. The minimum absolute atomic E-state index is 0.613. The van der Waals surface area contributed by atoms with Gasteiger partial charge in [-0.25, -0.2) is 0 Å². The van der Waals surface area contributed by atoms with E-state index in [1.54, 1.807) is 0 Å². The molecule has 3 heteroatoms. The van der Waals surface area contributed by atoms with E-state index < -0.39 is 0 Å². The summed E-state index contributed by atoms with van der Waals surface area (Å²) in [4.78, 5) is 2.64. The molecule has 1 saturated heterocycles. The first-order valence-corrected chi connectivity index (χ1v) is 7.30. The summed E-state index contributed by atoms with van der Waals surface area (Å²) in [5.41, 5.74) is 0. The second-order valence-corrected chi connectivity index (χ2v) is 6.24. The number of hydrogen-bond donors (Lipinski definition) is 1. The van der Waals surface area contributed by atoms with Crippen LogP contribution >= 0.6 is 11.8 Å². The molecular formula is C12H26N2S. The normalized spacial score (nSPS) is 25.8. The Morgan fingerprint density at radius 2 is 2.13 bits per heavy atom. The van der Waals surface area contributed by atoms with Crippen LogP contribution in [0.15, 0.2) is 0 Å². The fourth-order valence-corrected chi connectivity index (χ4v) is 3.02. The molecule has 0 bridgehead atoms. The third-order valence-electron chi connectivity index (χ3n) is 2.93. The van der Waals surface area contributed by atoms with Crippen molar-refractivity contribution in [2.45, 2.75) is 39.8 Å². The Bertz CT molecular complexity index is 173. The highest BCUT2D eigenvalue weighted by molar-refractivity contribution is 7.99. The Balaban J connectivity index is 2.20. The number of nitrogens with one attached hydrogen (secondary N) is 1. The summed E-state index contributed by atoms with van der Waals surface area (Å²) in [6, 6.07) is 1.38. The largest absolute Gasteiger partial charge is 0.314 e. The Hall–Kier alpha value is 0.270. The Labute approximate surface area is 99.2 Å². The predicted molar refractivity (Wildman–Crippen MR) is 70.7 cm³/mol. The molecule has 0 spiro atoms. The molecule has 1 rings (SSSR count). The van der Waals surface area contributed by atoms with E-state index in [-0.39, 0.29) is 0 Å². The van der Waals surface area contributed by atoms with Gasteiger partial charge in [-0.1, -0.05) is 20.8 Å². The number of thioether (sulfide) groups is 1. The van der Waals surface area contributed by atoms with Crippen LogP contribution in [-0.2, 0) is 0 Å². The highest BCUT2D eigenvalue weighted by Crippen LogP contribution is 2.16. The zero-order valence-electron chi connectivity index (χ0n) is 10.6. The van der Waals surface area contributed by atoms with Gasteiger partial charge in [0.25, 0.3) is 0 Å². The van der Waals surface area contributed by atoms with Crippen molar-refractivity contribution in [1.82, 2.24) is 10.2 Å². The van der Waals surface area contributed by atoms with Crippen LogP contribution in [0.25, 0.3) is 0 Å². The number of nitrogens with zero attached hydrogens (tertiary/aromatic N) is 1. The molecule has 0 aromatic rings. The van der Waals surface area contributed by atoms with Crippen LogP contribution in [-0.4, -0.2) is 48.1 Å². The van der Waals surface area contributed by atoms with Crippen molar-refractivity contribution in [2.24, 2.45) is 5.92 Å². The maximum absolute atomic E-state index is 3.52. The summed E-state index contributed by atoms with van der Waals surface area (Å²) in [7, 11) is 0. The van der Waals surface area contributed by atoms with E-state index in [0.717, 1.165) is 18.5 Å². The maximum atomic E-state index is 3.52. The minimum Gasteiger partial charge on any atom is -0.314 e. The van der Waals surface area contributed by atoms with Gasteiger partial charge in [-0.3, -0.25) is 4.90 Å². The average molecular weight is 230 g/mol. The van der Waals surface area contributed by atoms with Crippen LogP contribution in [0.3, 0.4) is 0 Å². The molecule has 0 aliphatic carbocycles. The summed E-state index contributed by atoms with van der Waals surface area (Å²) in [5.74, 6) is 3.39. The highest BCUT2D eigenvalue weighted by atomic mass is 32.2. The first-order chi connectivity index (χ1) is 7.09. The van der Waals surface area contributed by atoms with E-state index >= 15 is 0 Å². The molecule has 1 N–H and O–H groups in total. The number of rotatable bonds is 5. The van der Waals surface area contributed by atoms with E-state index in [0.29, 0.717) is 6.04 Å². The summed E-state index contributed by atoms with van der Waals surface area (Å²) in [5, 5.41) is 3.52. The van der Waals surface area contributed by atoms with E-state index in [2.05, 4.69) is 49.7 Å². The van der Waals surface area contributed by atoms with Gasteiger partial charge in [0.05, 0.1) is 0 Å². The van der Waals surface area contributed by atoms with E-state index in [1.807, 2.05) is 0 Å². The summed E-state index contributed by atoms with van der Waals surface area (Å²) < 4.78 is 0. The van der Waals surface area contributed by atoms with Gasteiger partial charge in [0.15, 0.2) is 0 Å². The van der Waals surface area contributed by atoms with Crippen molar-refractivity contribution < 1.29 is 0 Å². The van der Waals surface area contributed by atoms with E-state index in [4.69, 9.17) is 0 Å². The molecule has 0 aromatic heterocycles. The SMILES string of the molecule is CC(CNC(C)C)CN1CCSCC1C. The fraction of sp³-hybridized carbons (Fsp3) is 1.00. The monoisotopic (exact) mass is 230 g/mol. The lowest BCUT2D eigenvalue weighted by molar-refractivity contribution is 0.198. The minimum atomic E-state index is 0.613. The lowest BCUT2D eigenvalue weighted by Gasteiger charge is -2.35. The topological polar surface area (TPSA) is 15.3 Å². The van der Waals surface area contributed by atoms with Crippen molar-refractivity contribution in [3.63, 3.8) is 0 Å². The van der Waals surface area contributed by atoms with Gasteiger partial charge in [-0.05, 0) is 19.4 Å². The van der Waals surface area contributed by atoms with Crippen molar-refractivity contribution in [2.75, 3.05) is 31.1 Å². The first-order valence-electron chi connectivity index (χ1n) is 6.14. The van der Waals surface area contributed by atoms with Crippen LogP contribution in [0.4, 0.5) is 0 Å². The van der Waals surface area contributed by atoms with Crippen LogP contribution in [0.5, 0.6) is 0 Å².